The predicted octanol–water partition coefficient (Wildman–Crippen LogP) is 3.58. The molecule has 0 radical (unpaired) electrons. The molecule has 1 N–H and O–H groups in total. The number of hydrogen-bond acceptors (Lipinski definition) is 3. The molecule has 1 aromatic heterocycles. The number of carbonyl (C=O) groups is 1. The highest BCUT2D eigenvalue weighted by molar-refractivity contribution is 6.02. The van der Waals surface area contributed by atoms with Crippen molar-refractivity contribution in [2.24, 2.45) is 0 Å². The van der Waals surface area contributed by atoms with E-state index in [4.69, 9.17) is 4.42 Å². The third-order valence-corrected chi connectivity index (χ3v) is 3.21. The van der Waals surface area contributed by atoms with Gasteiger partial charge in [-0.25, -0.2) is 4.39 Å². The van der Waals surface area contributed by atoms with Gasteiger partial charge in [0.25, 0.3) is 0 Å². The van der Waals surface area contributed by atoms with Crippen molar-refractivity contribution in [1.29, 1.82) is 0 Å². The Morgan fingerprint density at radius 3 is 2.78 bits per heavy atom. The number of nitrogens with one attached hydrogen (secondary N) is 1. The summed E-state index contributed by atoms with van der Waals surface area (Å²) in [6, 6.07) is 12.4. The summed E-state index contributed by atoms with van der Waals surface area (Å²) < 4.78 is 18.4. The molecule has 0 saturated heterocycles. The Morgan fingerprint density at radius 1 is 1.13 bits per heavy atom. The minimum absolute atomic E-state index is 0.221. The Balaban J connectivity index is 1.81. The largest absolute Gasteiger partial charge is 0.463 e. The Hall–Kier alpha value is -3.21. The molecule has 0 spiro atoms. The first-order valence-electron chi connectivity index (χ1n) is 6.89. The van der Waals surface area contributed by atoms with Crippen LogP contribution in [0.4, 0.5) is 10.1 Å². The first-order valence-corrected chi connectivity index (χ1v) is 6.89. The zero-order valence-corrected chi connectivity index (χ0v) is 12.0. The maximum Gasteiger partial charge on any atom is 0.248 e. The molecule has 2 aromatic carbocycles. The number of para-hydroxylation sites is 1. The van der Waals surface area contributed by atoms with Crippen molar-refractivity contribution in [2.75, 3.05) is 5.32 Å². The van der Waals surface area contributed by atoms with Gasteiger partial charge in [-0.05, 0) is 36.4 Å². The Bertz CT molecular complexity index is 960. The summed E-state index contributed by atoms with van der Waals surface area (Å²) in [6.07, 6.45) is 3.87. The van der Waals surface area contributed by atoms with E-state index in [1.165, 1.54) is 36.6 Å². The van der Waals surface area contributed by atoms with Crippen molar-refractivity contribution in [1.82, 2.24) is 0 Å². The second-order valence-electron chi connectivity index (χ2n) is 4.85. The summed E-state index contributed by atoms with van der Waals surface area (Å²) >= 11 is 0. The van der Waals surface area contributed by atoms with E-state index in [2.05, 4.69) is 5.32 Å². The van der Waals surface area contributed by atoms with Gasteiger partial charge >= 0.3 is 0 Å². The molecule has 114 valence electrons. The van der Waals surface area contributed by atoms with Crippen LogP contribution in [0.15, 0.2) is 70.1 Å². The number of halogens is 1. The molecule has 0 aliphatic heterocycles. The highest BCUT2D eigenvalue weighted by Gasteiger charge is 2.05. The first-order chi connectivity index (χ1) is 11.1. The third kappa shape index (κ3) is 3.35. The molecule has 1 amide bonds. The number of anilines is 1. The van der Waals surface area contributed by atoms with Crippen LogP contribution in [0.3, 0.4) is 0 Å². The predicted molar refractivity (Wildman–Crippen MR) is 86.5 cm³/mol. The van der Waals surface area contributed by atoms with E-state index in [0.29, 0.717) is 16.7 Å². The fraction of sp³-hybridized carbons (Fsp3) is 0. The van der Waals surface area contributed by atoms with Crippen LogP contribution < -0.4 is 10.7 Å². The van der Waals surface area contributed by atoms with Gasteiger partial charge in [-0.3, -0.25) is 9.59 Å². The monoisotopic (exact) mass is 309 g/mol. The highest BCUT2D eigenvalue weighted by atomic mass is 19.1. The summed E-state index contributed by atoms with van der Waals surface area (Å²) in [7, 11) is 0. The van der Waals surface area contributed by atoms with E-state index in [9.17, 15) is 14.0 Å². The average Bonchev–Trinajstić information content (AvgIpc) is 2.54. The van der Waals surface area contributed by atoms with Crippen molar-refractivity contribution in [3.05, 3.63) is 82.5 Å². The summed E-state index contributed by atoms with van der Waals surface area (Å²) in [5.74, 6) is -0.912. The van der Waals surface area contributed by atoms with Gasteiger partial charge in [-0.2, -0.15) is 0 Å². The molecule has 0 saturated carbocycles. The molecule has 23 heavy (non-hydrogen) atoms. The van der Waals surface area contributed by atoms with Gasteiger partial charge in [0.1, 0.15) is 17.7 Å². The summed E-state index contributed by atoms with van der Waals surface area (Å²) in [5, 5.41) is 2.96. The molecule has 0 fully saturated rings. The molecule has 0 aliphatic carbocycles. The lowest BCUT2D eigenvalue weighted by atomic mass is 10.1. The molecule has 0 aliphatic rings. The second kappa shape index (κ2) is 6.27. The quantitative estimate of drug-likeness (QED) is 0.752. The smallest absolute Gasteiger partial charge is 0.248 e. The number of rotatable bonds is 3. The van der Waals surface area contributed by atoms with Crippen LogP contribution in [-0.2, 0) is 4.79 Å². The van der Waals surface area contributed by atoms with Gasteiger partial charge in [0.2, 0.25) is 5.91 Å². The lowest BCUT2D eigenvalue weighted by molar-refractivity contribution is -0.111. The minimum atomic E-state index is -0.469. The second-order valence-corrected chi connectivity index (χ2v) is 4.85. The van der Waals surface area contributed by atoms with E-state index in [1.54, 1.807) is 30.3 Å². The van der Waals surface area contributed by atoms with Crippen molar-refractivity contribution in [3.8, 4) is 0 Å². The van der Waals surface area contributed by atoms with E-state index in [0.717, 1.165) is 0 Å². The number of fused-ring (bicyclic) bond motifs is 1. The number of amides is 1. The third-order valence-electron chi connectivity index (χ3n) is 3.21. The van der Waals surface area contributed by atoms with Crippen molar-refractivity contribution in [3.63, 3.8) is 0 Å². The normalized spacial score (nSPS) is 11.0. The molecular weight excluding hydrogens is 297 g/mol. The van der Waals surface area contributed by atoms with Gasteiger partial charge < -0.3 is 9.73 Å². The SMILES string of the molecule is O=C(/C=C/c1coc2ccccc2c1=O)Nc1cccc(F)c1. The van der Waals surface area contributed by atoms with E-state index in [1.807, 2.05) is 0 Å². The van der Waals surface area contributed by atoms with Crippen LogP contribution in [0, 0.1) is 5.82 Å². The Kier molecular flexibility index (Phi) is 4.01. The van der Waals surface area contributed by atoms with Crippen LogP contribution in [0.2, 0.25) is 0 Å². The van der Waals surface area contributed by atoms with Gasteiger partial charge in [-0.15, -0.1) is 0 Å². The van der Waals surface area contributed by atoms with Crippen LogP contribution in [0.25, 0.3) is 17.0 Å². The summed E-state index contributed by atoms with van der Waals surface area (Å²) in [5.41, 5.74) is 0.865. The average molecular weight is 309 g/mol. The first kappa shape index (κ1) is 14.7. The molecule has 0 bridgehead atoms. The lowest BCUT2D eigenvalue weighted by Crippen LogP contribution is -2.09. The molecule has 3 rings (SSSR count). The lowest BCUT2D eigenvalue weighted by Gasteiger charge is -2.01. The minimum Gasteiger partial charge on any atom is -0.463 e. The van der Waals surface area contributed by atoms with Crippen molar-refractivity contribution < 1.29 is 13.6 Å². The van der Waals surface area contributed by atoms with Crippen LogP contribution in [0.1, 0.15) is 5.56 Å². The van der Waals surface area contributed by atoms with E-state index < -0.39 is 11.7 Å². The molecule has 5 heteroatoms. The molecular formula is C18H12FNO3. The van der Waals surface area contributed by atoms with Crippen LogP contribution in [-0.4, -0.2) is 5.91 Å². The zero-order valence-electron chi connectivity index (χ0n) is 12.0. The standard InChI is InChI=1S/C18H12FNO3/c19-13-4-3-5-14(10-13)20-17(21)9-8-12-11-23-16-7-2-1-6-15(16)18(12)22/h1-11H,(H,20,21)/b9-8+. The van der Waals surface area contributed by atoms with Crippen LogP contribution >= 0.6 is 0 Å². The molecule has 4 nitrogen and oxygen atoms in total. The zero-order chi connectivity index (χ0) is 16.2. The van der Waals surface area contributed by atoms with Crippen LogP contribution in [0.5, 0.6) is 0 Å². The molecule has 1 heterocycles. The fourth-order valence-corrected chi connectivity index (χ4v) is 2.12. The number of hydrogen-bond donors (Lipinski definition) is 1. The Labute approximate surface area is 130 Å². The highest BCUT2D eigenvalue weighted by Crippen LogP contribution is 2.12. The Morgan fingerprint density at radius 2 is 1.96 bits per heavy atom. The van der Waals surface area contributed by atoms with Crippen molar-refractivity contribution in [2.45, 2.75) is 0 Å². The topological polar surface area (TPSA) is 59.3 Å². The number of carbonyl (C=O) groups excluding carboxylic acids is 1. The molecule has 0 atom stereocenters. The fourth-order valence-electron chi connectivity index (χ4n) is 2.12. The maximum atomic E-state index is 13.0. The summed E-state index contributed by atoms with van der Waals surface area (Å²) in [6.45, 7) is 0. The van der Waals surface area contributed by atoms with Crippen molar-refractivity contribution >= 4 is 28.6 Å². The summed E-state index contributed by atoms with van der Waals surface area (Å²) in [4.78, 5) is 24.1. The molecule has 3 aromatic rings. The van der Waals surface area contributed by atoms with Gasteiger partial charge in [0.05, 0.1) is 10.9 Å². The maximum absolute atomic E-state index is 13.0. The van der Waals surface area contributed by atoms with Gasteiger partial charge in [0.15, 0.2) is 5.43 Å². The number of benzene rings is 2. The van der Waals surface area contributed by atoms with Gasteiger partial charge in [0, 0.05) is 11.8 Å². The van der Waals surface area contributed by atoms with Gasteiger partial charge in [-0.1, -0.05) is 18.2 Å². The van der Waals surface area contributed by atoms with E-state index in [-0.39, 0.29) is 11.0 Å². The van der Waals surface area contributed by atoms with E-state index >= 15 is 0 Å². The molecule has 0 unspecified atom stereocenters.